The second kappa shape index (κ2) is 3.54. The molecule has 0 fully saturated rings. The maximum Gasteiger partial charge on any atom is 0.490 e. The van der Waals surface area contributed by atoms with Crippen LogP contribution in [0.15, 0.2) is 12.3 Å². The van der Waals surface area contributed by atoms with Crippen LogP contribution in [-0.2, 0) is 0 Å². The fraction of sp³-hybridized carbons (Fsp3) is 0. The number of pyridine rings is 1. The van der Waals surface area contributed by atoms with Gasteiger partial charge < -0.3 is 10.0 Å². The summed E-state index contributed by atoms with van der Waals surface area (Å²) in [6.07, 6.45) is 1.19. The third-order valence-electron chi connectivity index (χ3n) is 1.27. The molecule has 0 atom stereocenters. The molecule has 0 radical (unpaired) electrons. The molecule has 0 amide bonds. The Balaban J connectivity index is 3.12. The average molecular weight is 182 g/mol. The van der Waals surface area contributed by atoms with Crippen molar-refractivity contribution >= 4 is 24.2 Å². The molecule has 0 aromatic carbocycles. The van der Waals surface area contributed by atoms with E-state index in [0.717, 1.165) is 0 Å². The highest BCUT2D eigenvalue weighted by atomic mass is 35.5. The molecular weight excluding hydrogens is 178 g/mol. The Kier molecular flexibility index (Phi) is 2.66. The maximum atomic E-state index is 8.69. The van der Waals surface area contributed by atoms with E-state index >= 15 is 0 Å². The van der Waals surface area contributed by atoms with Crippen LogP contribution in [0.5, 0.6) is 0 Å². The van der Waals surface area contributed by atoms with Crippen molar-refractivity contribution in [2.45, 2.75) is 0 Å². The van der Waals surface area contributed by atoms with Gasteiger partial charge in [0.15, 0.2) is 5.69 Å². The van der Waals surface area contributed by atoms with E-state index in [4.69, 9.17) is 26.9 Å². The zero-order chi connectivity index (χ0) is 9.14. The minimum Gasteiger partial charge on any atom is -0.423 e. The van der Waals surface area contributed by atoms with Gasteiger partial charge in [0.2, 0.25) is 0 Å². The zero-order valence-corrected chi connectivity index (χ0v) is 6.65. The lowest BCUT2D eigenvalue weighted by molar-refractivity contribution is 0.425. The topological polar surface area (TPSA) is 77.1 Å². The van der Waals surface area contributed by atoms with Crippen molar-refractivity contribution in [1.82, 2.24) is 4.98 Å². The summed E-state index contributed by atoms with van der Waals surface area (Å²) in [5.74, 6) is 0. The zero-order valence-electron chi connectivity index (χ0n) is 5.90. The molecule has 12 heavy (non-hydrogen) atoms. The predicted molar refractivity (Wildman–Crippen MR) is 43.8 cm³/mol. The number of rotatable bonds is 1. The molecule has 0 aliphatic carbocycles. The van der Waals surface area contributed by atoms with E-state index in [-0.39, 0.29) is 16.2 Å². The normalized spacial score (nSPS) is 9.17. The quantitative estimate of drug-likeness (QED) is 0.562. The Morgan fingerprint density at radius 2 is 2.25 bits per heavy atom. The maximum absolute atomic E-state index is 8.69. The number of aromatic nitrogens is 1. The van der Waals surface area contributed by atoms with Crippen LogP contribution in [0.3, 0.4) is 0 Å². The summed E-state index contributed by atoms with van der Waals surface area (Å²) in [4.78, 5) is 3.60. The van der Waals surface area contributed by atoms with E-state index in [1.54, 1.807) is 6.07 Å². The Bertz CT molecular complexity index is 337. The van der Waals surface area contributed by atoms with Gasteiger partial charge >= 0.3 is 7.12 Å². The summed E-state index contributed by atoms with van der Waals surface area (Å²) in [7, 11) is -1.61. The smallest absolute Gasteiger partial charge is 0.423 e. The Morgan fingerprint density at radius 1 is 1.58 bits per heavy atom. The highest BCUT2D eigenvalue weighted by Crippen LogP contribution is 2.09. The van der Waals surface area contributed by atoms with Crippen LogP contribution in [0.1, 0.15) is 5.69 Å². The lowest BCUT2D eigenvalue weighted by atomic mass is 9.82. The second-order valence-corrected chi connectivity index (χ2v) is 2.49. The first-order valence-corrected chi connectivity index (χ1v) is 3.44. The van der Waals surface area contributed by atoms with Crippen molar-refractivity contribution < 1.29 is 10.0 Å². The van der Waals surface area contributed by atoms with E-state index < -0.39 is 7.12 Å². The SMILES string of the molecule is N#Cc1ncc(B(O)O)cc1Cl. The van der Waals surface area contributed by atoms with E-state index in [2.05, 4.69) is 4.98 Å². The Hall–Kier alpha value is -1.09. The summed E-state index contributed by atoms with van der Waals surface area (Å²) >= 11 is 5.57. The van der Waals surface area contributed by atoms with Crippen molar-refractivity contribution in [3.05, 3.63) is 23.0 Å². The molecule has 60 valence electrons. The summed E-state index contributed by atoms with van der Waals surface area (Å²) in [6.45, 7) is 0. The van der Waals surface area contributed by atoms with Gasteiger partial charge in [-0.15, -0.1) is 0 Å². The van der Waals surface area contributed by atoms with Gasteiger partial charge in [0, 0.05) is 11.7 Å². The second-order valence-electron chi connectivity index (χ2n) is 2.08. The lowest BCUT2D eigenvalue weighted by Gasteiger charge is -1.99. The lowest BCUT2D eigenvalue weighted by Crippen LogP contribution is -2.30. The van der Waals surface area contributed by atoms with Gasteiger partial charge in [-0.1, -0.05) is 11.6 Å². The highest BCUT2D eigenvalue weighted by Gasteiger charge is 2.13. The molecule has 1 aromatic rings. The summed E-state index contributed by atoms with van der Waals surface area (Å²) in [5.41, 5.74) is 0.236. The van der Waals surface area contributed by atoms with E-state index in [1.165, 1.54) is 12.3 Å². The van der Waals surface area contributed by atoms with Crippen molar-refractivity contribution in [1.29, 1.82) is 5.26 Å². The standard InChI is InChI=1S/C6H4BClN2O2/c8-5-1-4(7(11)12)3-10-6(5)2-9/h1,3,11-12H. The van der Waals surface area contributed by atoms with Crippen molar-refractivity contribution in [3.63, 3.8) is 0 Å². The van der Waals surface area contributed by atoms with Crippen molar-refractivity contribution in [2.24, 2.45) is 0 Å². The third kappa shape index (κ3) is 1.74. The molecule has 2 N–H and O–H groups in total. The minimum atomic E-state index is -1.61. The van der Waals surface area contributed by atoms with E-state index in [1.807, 2.05) is 0 Å². The van der Waals surface area contributed by atoms with Crippen molar-refractivity contribution in [3.8, 4) is 6.07 Å². The molecule has 0 saturated heterocycles. The van der Waals surface area contributed by atoms with Gasteiger partial charge in [0.25, 0.3) is 0 Å². The molecule has 0 spiro atoms. The van der Waals surface area contributed by atoms with Crippen LogP contribution in [0.2, 0.25) is 5.02 Å². The van der Waals surface area contributed by atoms with Crippen molar-refractivity contribution in [2.75, 3.05) is 0 Å². The monoisotopic (exact) mass is 182 g/mol. The number of nitriles is 1. The first kappa shape index (κ1) is 9.01. The van der Waals surface area contributed by atoms with Crippen LogP contribution in [0.4, 0.5) is 0 Å². The summed E-state index contributed by atoms with van der Waals surface area (Å²) in [5, 5.41) is 25.9. The first-order valence-electron chi connectivity index (χ1n) is 3.07. The van der Waals surface area contributed by atoms with Gasteiger partial charge in [-0.05, 0) is 6.07 Å². The van der Waals surface area contributed by atoms with Crippen LogP contribution < -0.4 is 5.46 Å². The fourth-order valence-corrected chi connectivity index (χ4v) is 0.893. The van der Waals surface area contributed by atoms with Crippen LogP contribution in [0, 0.1) is 11.3 Å². The Labute approximate surface area is 74.2 Å². The largest absolute Gasteiger partial charge is 0.490 e. The number of halogens is 1. The van der Waals surface area contributed by atoms with Crippen LogP contribution in [-0.4, -0.2) is 22.2 Å². The summed E-state index contributed by atoms with van der Waals surface area (Å²) < 4.78 is 0. The average Bonchev–Trinajstić information content (AvgIpc) is 2.04. The van der Waals surface area contributed by atoms with Gasteiger partial charge in [-0.3, -0.25) is 0 Å². The minimum absolute atomic E-state index is 0.0704. The van der Waals surface area contributed by atoms with Gasteiger partial charge in [-0.2, -0.15) is 5.26 Å². The molecule has 0 aliphatic rings. The molecule has 1 rings (SSSR count). The number of hydrogen-bond acceptors (Lipinski definition) is 4. The predicted octanol–water partition coefficient (Wildman–Crippen LogP) is -0.714. The number of hydrogen-bond donors (Lipinski definition) is 2. The third-order valence-corrected chi connectivity index (χ3v) is 1.55. The molecule has 6 heteroatoms. The fourth-order valence-electron chi connectivity index (χ4n) is 0.676. The van der Waals surface area contributed by atoms with Crippen LogP contribution >= 0.6 is 11.6 Å². The molecule has 1 heterocycles. The van der Waals surface area contributed by atoms with Crippen LogP contribution in [0.25, 0.3) is 0 Å². The highest BCUT2D eigenvalue weighted by molar-refractivity contribution is 6.58. The van der Waals surface area contributed by atoms with Gasteiger partial charge in [0.1, 0.15) is 6.07 Å². The molecule has 0 unspecified atom stereocenters. The van der Waals surface area contributed by atoms with E-state index in [9.17, 15) is 0 Å². The van der Waals surface area contributed by atoms with E-state index in [0.29, 0.717) is 0 Å². The first-order chi connectivity index (χ1) is 5.65. The van der Waals surface area contributed by atoms with Gasteiger partial charge in [0.05, 0.1) is 5.02 Å². The van der Waals surface area contributed by atoms with Gasteiger partial charge in [-0.25, -0.2) is 4.98 Å². The Morgan fingerprint density at radius 3 is 2.67 bits per heavy atom. The molecule has 4 nitrogen and oxygen atoms in total. The number of nitrogens with zero attached hydrogens (tertiary/aromatic N) is 2. The summed E-state index contributed by atoms with van der Waals surface area (Å²) in [6, 6.07) is 3.04. The molecular formula is C6H4BClN2O2. The molecule has 0 saturated carbocycles. The molecule has 0 aliphatic heterocycles. The molecule has 1 aromatic heterocycles. The molecule has 0 bridgehead atoms.